The van der Waals surface area contributed by atoms with E-state index in [1.165, 1.54) is 0 Å². The van der Waals surface area contributed by atoms with Crippen molar-refractivity contribution >= 4 is 28.2 Å². The topological polar surface area (TPSA) is 80.9 Å². The molecule has 2 aromatic heterocycles. The van der Waals surface area contributed by atoms with Crippen molar-refractivity contribution < 1.29 is 4.79 Å². The summed E-state index contributed by atoms with van der Waals surface area (Å²) >= 11 is 0. The Balaban J connectivity index is 1.98. The van der Waals surface area contributed by atoms with Crippen LogP contribution in [0.15, 0.2) is 54.5 Å². The molecule has 5 nitrogen and oxygen atoms in total. The van der Waals surface area contributed by atoms with Gasteiger partial charge in [0.2, 0.25) is 5.91 Å². The number of benzene rings is 1. The number of anilines is 2. The number of amides is 1. The van der Waals surface area contributed by atoms with Crippen LogP contribution in [-0.2, 0) is 4.79 Å². The number of pyridine rings is 2. The predicted molar refractivity (Wildman–Crippen MR) is 111 cm³/mol. The molecule has 138 valence electrons. The van der Waals surface area contributed by atoms with Crippen LogP contribution < -0.4 is 11.1 Å². The van der Waals surface area contributed by atoms with E-state index in [9.17, 15) is 4.79 Å². The highest BCUT2D eigenvalue weighted by Gasteiger charge is 2.09. The molecule has 1 amide bonds. The molecule has 0 aliphatic heterocycles. The first-order chi connectivity index (χ1) is 13.0. The van der Waals surface area contributed by atoms with Gasteiger partial charge in [-0.25, -0.2) is 4.98 Å². The number of allylic oxidation sites excluding steroid dienone is 1. The van der Waals surface area contributed by atoms with E-state index in [0.29, 0.717) is 11.5 Å². The number of nitrogen functional groups attached to an aromatic ring is 1. The number of aromatic nitrogens is 2. The molecule has 3 N–H and O–H groups in total. The van der Waals surface area contributed by atoms with Crippen LogP contribution in [0.25, 0.3) is 21.9 Å². The van der Waals surface area contributed by atoms with Crippen LogP contribution in [-0.4, -0.2) is 15.9 Å². The molecule has 3 rings (SSSR count). The minimum atomic E-state index is -0.159. The average Bonchev–Trinajstić information content (AvgIpc) is 2.66. The average molecular weight is 360 g/mol. The van der Waals surface area contributed by atoms with Gasteiger partial charge >= 0.3 is 0 Å². The summed E-state index contributed by atoms with van der Waals surface area (Å²) < 4.78 is 0. The van der Waals surface area contributed by atoms with E-state index in [2.05, 4.69) is 15.3 Å². The zero-order chi connectivity index (χ0) is 19.4. The molecule has 0 bridgehead atoms. The summed E-state index contributed by atoms with van der Waals surface area (Å²) in [4.78, 5) is 20.8. The van der Waals surface area contributed by atoms with Gasteiger partial charge < -0.3 is 11.1 Å². The van der Waals surface area contributed by atoms with Gasteiger partial charge in [-0.15, -0.1) is 0 Å². The van der Waals surface area contributed by atoms with E-state index in [-0.39, 0.29) is 5.91 Å². The number of nitrogens with one attached hydrogen (secondary N) is 1. The molecular formula is C22H24N4O. The molecule has 0 unspecified atom stereocenters. The highest BCUT2D eigenvalue weighted by molar-refractivity contribution is 6.02. The van der Waals surface area contributed by atoms with Gasteiger partial charge in [0.1, 0.15) is 5.82 Å². The van der Waals surface area contributed by atoms with Gasteiger partial charge in [-0.05, 0) is 60.5 Å². The summed E-state index contributed by atoms with van der Waals surface area (Å²) in [5.41, 5.74) is 11.1. The molecule has 27 heavy (non-hydrogen) atoms. The van der Waals surface area contributed by atoms with Crippen LogP contribution in [0.1, 0.15) is 32.3 Å². The molecule has 0 saturated carbocycles. The Morgan fingerprint density at radius 2 is 1.96 bits per heavy atom. The van der Waals surface area contributed by atoms with E-state index in [0.717, 1.165) is 45.9 Å². The molecule has 0 aliphatic rings. The van der Waals surface area contributed by atoms with Crippen LogP contribution >= 0.6 is 0 Å². The first-order valence-corrected chi connectivity index (χ1v) is 9.12. The summed E-state index contributed by atoms with van der Waals surface area (Å²) in [6.45, 7) is 6.13. The monoisotopic (exact) mass is 360 g/mol. The lowest BCUT2D eigenvalue weighted by molar-refractivity contribution is -0.112. The van der Waals surface area contributed by atoms with Crippen molar-refractivity contribution in [3.05, 3.63) is 60.1 Å². The van der Waals surface area contributed by atoms with E-state index < -0.39 is 0 Å². The minimum Gasteiger partial charge on any atom is -0.398 e. The SMILES string of the molecule is CCC(=CC(=O)Nc1cc2cc(-c3cnccc3C)cc(N)c2cn1)CC. The fraction of sp³-hybridized carbons (Fsp3) is 0.227. The summed E-state index contributed by atoms with van der Waals surface area (Å²) in [6.07, 6.45) is 8.68. The van der Waals surface area contributed by atoms with Crippen LogP contribution in [0.4, 0.5) is 11.5 Å². The van der Waals surface area contributed by atoms with Crippen LogP contribution in [0.3, 0.4) is 0 Å². The van der Waals surface area contributed by atoms with Crippen molar-refractivity contribution in [3.8, 4) is 11.1 Å². The maximum absolute atomic E-state index is 12.2. The van der Waals surface area contributed by atoms with Crippen molar-refractivity contribution in [2.45, 2.75) is 33.6 Å². The third-order valence-corrected chi connectivity index (χ3v) is 4.71. The van der Waals surface area contributed by atoms with Crippen LogP contribution in [0, 0.1) is 6.92 Å². The molecule has 0 fully saturated rings. The number of carbonyl (C=O) groups is 1. The van der Waals surface area contributed by atoms with Crippen molar-refractivity contribution in [3.63, 3.8) is 0 Å². The molecule has 5 heteroatoms. The molecule has 3 aromatic rings. The number of carbonyl (C=O) groups excluding carboxylic acids is 1. The van der Waals surface area contributed by atoms with Crippen molar-refractivity contribution in [1.29, 1.82) is 0 Å². The van der Waals surface area contributed by atoms with E-state index in [1.54, 1.807) is 18.5 Å². The summed E-state index contributed by atoms with van der Waals surface area (Å²) in [5, 5.41) is 4.63. The fourth-order valence-corrected chi connectivity index (χ4v) is 3.08. The molecule has 0 radical (unpaired) electrons. The van der Waals surface area contributed by atoms with Crippen molar-refractivity contribution in [2.75, 3.05) is 11.1 Å². The van der Waals surface area contributed by atoms with Gasteiger partial charge in [-0.2, -0.15) is 0 Å². The molecule has 0 aliphatic carbocycles. The van der Waals surface area contributed by atoms with Gasteiger partial charge in [0.25, 0.3) is 0 Å². The maximum atomic E-state index is 12.2. The minimum absolute atomic E-state index is 0.159. The van der Waals surface area contributed by atoms with Crippen LogP contribution in [0.5, 0.6) is 0 Å². The second-order valence-electron chi connectivity index (χ2n) is 6.55. The van der Waals surface area contributed by atoms with Gasteiger partial charge in [-0.3, -0.25) is 9.78 Å². The number of aryl methyl sites for hydroxylation is 1. The highest BCUT2D eigenvalue weighted by Crippen LogP contribution is 2.31. The Labute approximate surface area is 159 Å². The number of hydrogen-bond acceptors (Lipinski definition) is 4. The quantitative estimate of drug-likeness (QED) is 0.502. The van der Waals surface area contributed by atoms with E-state index in [1.807, 2.05) is 51.2 Å². The largest absolute Gasteiger partial charge is 0.398 e. The van der Waals surface area contributed by atoms with Gasteiger partial charge in [-0.1, -0.05) is 19.4 Å². The number of fused-ring (bicyclic) bond motifs is 1. The van der Waals surface area contributed by atoms with E-state index >= 15 is 0 Å². The maximum Gasteiger partial charge on any atom is 0.249 e. The molecule has 1 aromatic carbocycles. The first-order valence-electron chi connectivity index (χ1n) is 9.12. The third kappa shape index (κ3) is 4.14. The molecular weight excluding hydrogens is 336 g/mol. The lowest BCUT2D eigenvalue weighted by Crippen LogP contribution is -2.10. The van der Waals surface area contributed by atoms with E-state index in [4.69, 9.17) is 5.73 Å². The Bertz CT molecular complexity index is 1020. The number of nitrogens with zero attached hydrogens (tertiary/aromatic N) is 2. The lowest BCUT2D eigenvalue weighted by Gasteiger charge is -2.10. The van der Waals surface area contributed by atoms with Crippen LogP contribution in [0.2, 0.25) is 0 Å². The van der Waals surface area contributed by atoms with Gasteiger partial charge in [0, 0.05) is 41.3 Å². The second-order valence-corrected chi connectivity index (χ2v) is 6.55. The standard InChI is InChI=1S/C22H24N4O/c1-4-15(5-2)8-22(27)26-21-11-17-9-16(10-20(23)19(17)13-25-21)18-12-24-7-6-14(18)3/h6-13H,4-5,23H2,1-3H3,(H,25,26,27). The summed E-state index contributed by atoms with van der Waals surface area (Å²) in [5.74, 6) is 0.350. The molecule has 0 atom stereocenters. The third-order valence-electron chi connectivity index (χ3n) is 4.71. The highest BCUT2D eigenvalue weighted by atomic mass is 16.1. The Morgan fingerprint density at radius 3 is 2.67 bits per heavy atom. The lowest BCUT2D eigenvalue weighted by atomic mass is 9.99. The number of nitrogens with two attached hydrogens (primary N) is 1. The Kier molecular flexibility index (Phi) is 5.50. The zero-order valence-electron chi connectivity index (χ0n) is 15.9. The fourth-order valence-electron chi connectivity index (χ4n) is 3.08. The summed E-state index contributed by atoms with van der Waals surface area (Å²) in [7, 11) is 0. The number of hydrogen-bond donors (Lipinski definition) is 2. The second kappa shape index (κ2) is 7.99. The number of rotatable bonds is 5. The van der Waals surface area contributed by atoms with Gasteiger partial charge in [0.15, 0.2) is 0 Å². The molecule has 0 spiro atoms. The van der Waals surface area contributed by atoms with Crippen molar-refractivity contribution in [2.24, 2.45) is 0 Å². The van der Waals surface area contributed by atoms with Gasteiger partial charge in [0.05, 0.1) is 0 Å². The normalized spacial score (nSPS) is 10.6. The molecule has 2 heterocycles. The summed E-state index contributed by atoms with van der Waals surface area (Å²) in [6, 6.07) is 7.81. The smallest absolute Gasteiger partial charge is 0.249 e. The Morgan fingerprint density at radius 1 is 1.19 bits per heavy atom. The Hall–Kier alpha value is -3.21. The predicted octanol–water partition coefficient (Wildman–Crippen LogP) is 4.87. The molecule has 0 saturated heterocycles. The zero-order valence-corrected chi connectivity index (χ0v) is 15.9. The van der Waals surface area contributed by atoms with Crippen molar-refractivity contribution in [1.82, 2.24) is 9.97 Å². The first kappa shape index (κ1) is 18.6.